The highest BCUT2D eigenvalue weighted by molar-refractivity contribution is 5.87. The zero-order chi connectivity index (χ0) is 12.6. The average Bonchev–Trinajstić information content (AvgIpc) is 2.49. The summed E-state index contributed by atoms with van der Waals surface area (Å²) in [4.78, 5) is 22.9. The highest BCUT2D eigenvalue weighted by atomic mass is 16.7. The molecule has 5 nitrogen and oxygen atoms in total. The summed E-state index contributed by atoms with van der Waals surface area (Å²) < 4.78 is 10.3. The fourth-order valence-electron chi connectivity index (χ4n) is 2.41. The van der Waals surface area contributed by atoms with Crippen LogP contribution in [-0.2, 0) is 19.1 Å². The maximum Gasteiger partial charge on any atom is 0.336 e. The van der Waals surface area contributed by atoms with Gasteiger partial charge in [0.05, 0.1) is 6.07 Å². The van der Waals surface area contributed by atoms with Gasteiger partial charge in [0.1, 0.15) is 5.92 Å². The smallest absolute Gasteiger partial charge is 0.336 e. The third-order valence-corrected chi connectivity index (χ3v) is 3.18. The van der Waals surface area contributed by atoms with Crippen molar-refractivity contribution in [2.75, 3.05) is 0 Å². The van der Waals surface area contributed by atoms with Gasteiger partial charge < -0.3 is 9.47 Å². The molecule has 2 bridgehead atoms. The van der Waals surface area contributed by atoms with Crippen LogP contribution in [0.15, 0.2) is 12.2 Å². The van der Waals surface area contributed by atoms with Crippen LogP contribution in [0.4, 0.5) is 0 Å². The number of nitrogens with zero attached hydrogens (tertiary/aromatic N) is 1. The van der Waals surface area contributed by atoms with Gasteiger partial charge in [-0.15, -0.1) is 0 Å². The van der Waals surface area contributed by atoms with Crippen LogP contribution in [0.25, 0.3) is 0 Å². The van der Waals surface area contributed by atoms with Crippen LogP contribution in [0.1, 0.15) is 26.2 Å². The molecule has 1 aliphatic carbocycles. The Morgan fingerprint density at radius 1 is 1.71 bits per heavy atom. The van der Waals surface area contributed by atoms with E-state index >= 15 is 0 Å². The zero-order valence-electron chi connectivity index (χ0n) is 9.56. The fourth-order valence-corrected chi connectivity index (χ4v) is 2.41. The van der Waals surface area contributed by atoms with Crippen molar-refractivity contribution < 1.29 is 19.1 Å². The normalized spacial score (nSPS) is 34.7. The summed E-state index contributed by atoms with van der Waals surface area (Å²) in [5, 5.41) is 9.06. The first-order valence-corrected chi connectivity index (χ1v) is 5.47. The van der Waals surface area contributed by atoms with Gasteiger partial charge in [-0.1, -0.05) is 6.58 Å². The zero-order valence-corrected chi connectivity index (χ0v) is 9.56. The molecule has 1 aliphatic heterocycles. The molecule has 0 radical (unpaired) electrons. The molecule has 0 spiro atoms. The van der Waals surface area contributed by atoms with Gasteiger partial charge >= 0.3 is 11.9 Å². The largest absolute Gasteiger partial charge is 0.421 e. The van der Waals surface area contributed by atoms with Crippen LogP contribution in [0.2, 0.25) is 0 Å². The van der Waals surface area contributed by atoms with Crippen molar-refractivity contribution >= 4 is 11.9 Å². The molecule has 3 unspecified atom stereocenters. The highest BCUT2D eigenvalue weighted by Gasteiger charge is 2.57. The average molecular weight is 235 g/mol. The van der Waals surface area contributed by atoms with E-state index in [-0.39, 0.29) is 11.5 Å². The first-order chi connectivity index (χ1) is 7.97. The minimum Gasteiger partial charge on any atom is -0.421 e. The summed E-state index contributed by atoms with van der Waals surface area (Å²) in [5.41, 5.74) is 0.223. The SMILES string of the molecule is C=C(C)C(=O)OC12CC(CC(=O)O1)CC2C#N. The second kappa shape index (κ2) is 3.88. The van der Waals surface area contributed by atoms with Crippen molar-refractivity contribution in [3.8, 4) is 6.07 Å². The topological polar surface area (TPSA) is 76.4 Å². The van der Waals surface area contributed by atoms with Crippen LogP contribution >= 0.6 is 0 Å². The summed E-state index contributed by atoms with van der Waals surface area (Å²) in [6.45, 7) is 4.98. The molecule has 3 atom stereocenters. The van der Waals surface area contributed by atoms with Gasteiger partial charge in [0.15, 0.2) is 0 Å². The van der Waals surface area contributed by atoms with Gasteiger partial charge in [0.25, 0.3) is 5.79 Å². The molecule has 90 valence electrons. The maximum atomic E-state index is 11.5. The number of carbonyl (C=O) groups excluding carboxylic acids is 2. The first-order valence-electron chi connectivity index (χ1n) is 5.47. The number of rotatable bonds is 2. The summed E-state index contributed by atoms with van der Waals surface area (Å²) in [7, 11) is 0. The van der Waals surface area contributed by atoms with E-state index in [9.17, 15) is 9.59 Å². The van der Waals surface area contributed by atoms with Crippen LogP contribution in [0.5, 0.6) is 0 Å². The number of nitriles is 1. The molecule has 5 heteroatoms. The summed E-state index contributed by atoms with van der Waals surface area (Å²) in [5.74, 6) is -2.93. The Labute approximate surface area is 99.0 Å². The first kappa shape index (κ1) is 11.6. The van der Waals surface area contributed by atoms with Crippen LogP contribution < -0.4 is 0 Å². The van der Waals surface area contributed by atoms with E-state index in [4.69, 9.17) is 14.7 Å². The number of ether oxygens (including phenoxy) is 2. The number of fused-ring (bicyclic) bond motifs is 2. The predicted octanol–water partition coefficient (Wildman–Crippen LogP) is 1.30. The second-order valence-electron chi connectivity index (χ2n) is 4.65. The minimum absolute atomic E-state index is 0.0684. The molecule has 0 aromatic heterocycles. The van der Waals surface area contributed by atoms with E-state index in [0.717, 1.165) is 0 Å². The van der Waals surface area contributed by atoms with Gasteiger partial charge in [-0.3, -0.25) is 4.79 Å². The van der Waals surface area contributed by atoms with Crippen LogP contribution in [-0.4, -0.2) is 17.7 Å². The molecular formula is C12H13NO4. The number of hydrogen-bond acceptors (Lipinski definition) is 5. The van der Waals surface area contributed by atoms with E-state index in [1.807, 2.05) is 0 Å². The molecule has 0 N–H and O–H groups in total. The minimum atomic E-state index is -1.38. The molecule has 1 saturated carbocycles. The Kier molecular flexibility index (Phi) is 2.66. The lowest BCUT2D eigenvalue weighted by molar-refractivity contribution is -0.239. The molecule has 0 aromatic rings. The molecular weight excluding hydrogens is 222 g/mol. The monoisotopic (exact) mass is 235 g/mol. The summed E-state index contributed by atoms with van der Waals surface area (Å²) in [6, 6.07) is 2.06. The Hall–Kier alpha value is -1.83. The van der Waals surface area contributed by atoms with Crippen molar-refractivity contribution in [1.29, 1.82) is 5.26 Å². The predicted molar refractivity (Wildman–Crippen MR) is 56.2 cm³/mol. The van der Waals surface area contributed by atoms with E-state index in [1.54, 1.807) is 0 Å². The van der Waals surface area contributed by atoms with E-state index in [0.29, 0.717) is 19.3 Å². The van der Waals surface area contributed by atoms with Crippen LogP contribution in [0, 0.1) is 23.2 Å². The van der Waals surface area contributed by atoms with Gasteiger partial charge in [0, 0.05) is 18.4 Å². The van der Waals surface area contributed by atoms with Crippen molar-refractivity contribution in [1.82, 2.24) is 0 Å². The number of carbonyl (C=O) groups is 2. The van der Waals surface area contributed by atoms with Gasteiger partial charge in [0.2, 0.25) is 0 Å². The van der Waals surface area contributed by atoms with Gasteiger partial charge in [-0.2, -0.15) is 5.26 Å². The number of esters is 2. The van der Waals surface area contributed by atoms with E-state index < -0.39 is 23.6 Å². The summed E-state index contributed by atoms with van der Waals surface area (Å²) >= 11 is 0. The number of hydrogen-bond donors (Lipinski definition) is 0. The lowest BCUT2D eigenvalue weighted by Gasteiger charge is -2.33. The standard InChI is InChI=1S/C12H13NO4/c1-7(2)11(15)17-12-5-8(3-9(12)6-13)4-10(14)16-12/h8-9H,1,3-5H2,2H3. The molecule has 1 heterocycles. The highest BCUT2D eigenvalue weighted by Crippen LogP contribution is 2.48. The van der Waals surface area contributed by atoms with Gasteiger partial charge in [-0.05, 0) is 19.3 Å². The maximum absolute atomic E-state index is 11.5. The third-order valence-electron chi connectivity index (χ3n) is 3.18. The molecule has 2 aliphatic rings. The molecule has 0 aromatic carbocycles. The molecule has 2 fully saturated rings. The van der Waals surface area contributed by atoms with Crippen LogP contribution in [0.3, 0.4) is 0 Å². The molecule has 2 rings (SSSR count). The van der Waals surface area contributed by atoms with Crippen molar-refractivity contribution in [2.24, 2.45) is 11.8 Å². The summed E-state index contributed by atoms with van der Waals surface area (Å²) in [6.07, 6.45) is 1.24. The Morgan fingerprint density at radius 2 is 2.41 bits per heavy atom. The Balaban J connectivity index is 2.25. The van der Waals surface area contributed by atoms with E-state index in [2.05, 4.69) is 12.6 Å². The molecule has 0 amide bonds. The van der Waals surface area contributed by atoms with Crippen molar-refractivity contribution in [3.05, 3.63) is 12.2 Å². The van der Waals surface area contributed by atoms with E-state index in [1.165, 1.54) is 6.92 Å². The molecule has 17 heavy (non-hydrogen) atoms. The second-order valence-corrected chi connectivity index (χ2v) is 4.65. The lowest BCUT2D eigenvalue weighted by atomic mass is 10.0. The quantitative estimate of drug-likeness (QED) is 0.532. The van der Waals surface area contributed by atoms with Crippen molar-refractivity contribution in [3.63, 3.8) is 0 Å². The Morgan fingerprint density at radius 3 is 3.00 bits per heavy atom. The fraction of sp³-hybridized carbons (Fsp3) is 0.583. The Bertz CT molecular complexity index is 436. The lowest BCUT2D eigenvalue weighted by Crippen LogP contribution is -2.45. The van der Waals surface area contributed by atoms with Crippen molar-refractivity contribution in [2.45, 2.75) is 32.0 Å². The third kappa shape index (κ3) is 1.91. The molecule has 1 saturated heterocycles. The van der Waals surface area contributed by atoms with Gasteiger partial charge in [-0.25, -0.2) is 4.79 Å².